The Kier molecular flexibility index (Phi) is 3.91. The smallest absolute Gasteiger partial charge is 0.183 e. The zero-order valence-electron chi connectivity index (χ0n) is 12.9. The van der Waals surface area contributed by atoms with Crippen LogP contribution >= 0.6 is 0 Å². The molecule has 1 rings (SSSR count). The highest BCUT2D eigenvalue weighted by Gasteiger charge is 2.66. The fourth-order valence-corrected chi connectivity index (χ4v) is 2.69. The van der Waals surface area contributed by atoms with Gasteiger partial charge in [0.1, 0.15) is 21.3 Å². The van der Waals surface area contributed by atoms with Crippen LogP contribution in [0.3, 0.4) is 0 Å². The Morgan fingerprint density at radius 1 is 1.05 bits per heavy atom. The van der Waals surface area contributed by atoms with Crippen molar-refractivity contribution in [3.05, 3.63) is 0 Å². The van der Waals surface area contributed by atoms with Crippen molar-refractivity contribution in [3.63, 3.8) is 0 Å². The molecule has 102 valence electrons. The predicted octanol–water partition coefficient (Wildman–Crippen LogP) is -8.23. The Morgan fingerprint density at radius 3 is 1.84 bits per heavy atom. The molecular weight excluding hydrogens is 243 g/mol. The van der Waals surface area contributed by atoms with E-state index in [2.05, 4.69) is 0 Å². The first-order valence-corrected chi connectivity index (χ1v) is 6.53. The molecule has 1 fully saturated rings. The van der Waals surface area contributed by atoms with Gasteiger partial charge < -0.3 is 25.2 Å². The first-order chi connectivity index (χ1) is 8.13. The summed E-state index contributed by atoms with van der Waals surface area (Å²) in [5.74, 6) is 0. The molecule has 12 heteroatoms. The molecule has 1 heterocycles. The van der Waals surface area contributed by atoms with Crippen molar-refractivity contribution in [2.75, 3.05) is 0 Å². The monoisotopic (exact) mass is 265 g/mol. The van der Waals surface area contributed by atoms with Crippen LogP contribution < -0.4 is 0 Å². The topological polar surface area (TPSA) is 93.4 Å². The van der Waals surface area contributed by atoms with Gasteiger partial charge in [-0.3, -0.25) is 0 Å². The lowest BCUT2D eigenvalue weighted by atomic mass is 9.47. The number of rotatable bonds is 2. The lowest BCUT2D eigenvalue weighted by Gasteiger charge is -2.67. The SMILES string of the molecule is BC(O)(CC)N1C(B)(O)C(B)(B)OC(B)(O)C1(B)O. The molecule has 1 saturated heterocycles. The van der Waals surface area contributed by atoms with E-state index in [1.54, 1.807) is 22.6 Å². The highest BCUT2D eigenvalue weighted by molar-refractivity contribution is 6.45. The first-order valence-electron chi connectivity index (χ1n) is 6.53. The Hall–Kier alpha value is 0.150. The van der Waals surface area contributed by atoms with Gasteiger partial charge in [0.15, 0.2) is 37.1 Å². The predicted molar refractivity (Wildman–Crippen MR) is 87.0 cm³/mol. The second-order valence-corrected chi connectivity index (χ2v) is 6.54. The molecular formula is C7H21B6NO5. The van der Waals surface area contributed by atoms with Crippen molar-refractivity contribution in [3.8, 4) is 0 Å². The van der Waals surface area contributed by atoms with E-state index < -0.39 is 28.0 Å². The molecule has 6 nitrogen and oxygen atoms in total. The zero-order valence-corrected chi connectivity index (χ0v) is 12.9. The van der Waals surface area contributed by atoms with Crippen LogP contribution in [-0.2, 0) is 4.74 Å². The molecule has 0 bridgehead atoms. The quantitative estimate of drug-likeness (QED) is 0.370. The number of hydrogen-bond acceptors (Lipinski definition) is 6. The Morgan fingerprint density at radius 2 is 1.47 bits per heavy atom. The normalized spacial score (nSPS) is 46.6. The minimum Gasteiger partial charge on any atom is -0.384 e. The Labute approximate surface area is 119 Å². The van der Waals surface area contributed by atoms with Gasteiger partial charge >= 0.3 is 0 Å². The Balaban J connectivity index is 3.51. The molecule has 4 atom stereocenters. The molecule has 1 aliphatic rings. The molecule has 4 unspecified atom stereocenters. The molecule has 0 saturated carbocycles. The maximum absolute atomic E-state index is 10.8. The summed E-state index contributed by atoms with van der Waals surface area (Å²) >= 11 is 0. The minimum atomic E-state index is -1.97. The second-order valence-electron chi connectivity index (χ2n) is 6.54. The molecule has 19 heavy (non-hydrogen) atoms. The summed E-state index contributed by atoms with van der Waals surface area (Å²) in [7, 11) is 8.72. The van der Waals surface area contributed by atoms with E-state index in [4.69, 9.17) is 4.74 Å². The van der Waals surface area contributed by atoms with E-state index in [1.165, 1.54) is 31.4 Å². The minimum absolute atomic E-state index is 0.255. The third-order valence-electron chi connectivity index (χ3n) is 4.50. The van der Waals surface area contributed by atoms with E-state index in [0.717, 1.165) is 4.90 Å². The Bertz CT molecular complexity index is 347. The molecule has 0 radical (unpaired) electrons. The molecule has 0 aromatic rings. The third-order valence-corrected chi connectivity index (χ3v) is 4.50. The van der Waals surface area contributed by atoms with Crippen LogP contribution in [0.15, 0.2) is 0 Å². The van der Waals surface area contributed by atoms with E-state index in [9.17, 15) is 20.4 Å². The van der Waals surface area contributed by atoms with Gasteiger partial charge in [-0.1, -0.05) is 6.92 Å². The molecule has 0 amide bonds. The molecule has 1 aliphatic heterocycles. The lowest BCUT2D eigenvalue weighted by molar-refractivity contribution is -0.393. The average molecular weight is 264 g/mol. The fourth-order valence-electron chi connectivity index (χ4n) is 2.69. The van der Waals surface area contributed by atoms with Crippen molar-refractivity contribution in [1.82, 2.24) is 4.90 Å². The summed E-state index contributed by atoms with van der Waals surface area (Å²) < 4.78 is 5.46. The van der Waals surface area contributed by atoms with Crippen LogP contribution in [0, 0.1) is 0 Å². The molecule has 0 aromatic carbocycles. The van der Waals surface area contributed by atoms with Gasteiger partial charge in [-0.2, -0.15) is 0 Å². The molecule has 0 spiro atoms. The fraction of sp³-hybridized carbons (Fsp3) is 1.00. The lowest BCUT2D eigenvalue weighted by Crippen LogP contribution is -2.88. The van der Waals surface area contributed by atoms with E-state index in [0.29, 0.717) is 0 Å². The highest BCUT2D eigenvalue weighted by atomic mass is 16.7. The number of hydrogen-bond donors (Lipinski definition) is 4. The van der Waals surface area contributed by atoms with Gasteiger partial charge in [-0.25, -0.2) is 4.90 Å². The largest absolute Gasteiger partial charge is 0.384 e. The van der Waals surface area contributed by atoms with Crippen molar-refractivity contribution in [2.45, 2.75) is 41.3 Å². The maximum Gasteiger partial charge on any atom is 0.183 e. The maximum atomic E-state index is 10.8. The third kappa shape index (κ3) is 2.32. The van der Waals surface area contributed by atoms with Crippen LogP contribution in [0.2, 0.25) is 0 Å². The standard InChI is InChI=1S/C7H21B6NO5/c1-2-3(8,15)14-5(11,16)4(9,10)19-7(13,18)6(14,12)17/h15-18H,2,8-13H2,1H3. The number of morpholine rings is 1. The van der Waals surface area contributed by atoms with E-state index in [-0.39, 0.29) is 6.42 Å². The average Bonchev–Trinajstić information content (AvgIpc) is 2.12. The van der Waals surface area contributed by atoms with Gasteiger partial charge in [0.25, 0.3) is 0 Å². The number of aliphatic hydroxyl groups is 4. The summed E-state index contributed by atoms with van der Waals surface area (Å²) in [5.41, 5.74) is -7.11. The zero-order chi connectivity index (χ0) is 15.5. The molecule has 0 aromatic heterocycles. The summed E-state index contributed by atoms with van der Waals surface area (Å²) in [6.45, 7) is 1.73. The van der Waals surface area contributed by atoms with Crippen LogP contribution in [0.5, 0.6) is 0 Å². The summed E-state index contributed by atoms with van der Waals surface area (Å²) in [4.78, 5) is 1.11. The van der Waals surface area contributed by atoms with Crippen LogP contribution in [0.25, 0.3) is 0 Å². The highest BCUT2D eigenvalue weighted by Crippen LogP contribution is 2.43. The van der Waals surface area contributed by atoms with Crippen molar-refractivity contribution < 1.29 is 25.2 Å². The van der Waals surface area contributed by atoms with Gasteiger partial charge in [0.2, 0.25) is 0 Å². The number of ether oxygens (including phenoxy) is 1. The van der Waals surface area contributed by atoms with Gasteiger partial charge in [0.05, 0.1) is 11.2 Å². The van der Waals surface area contributed by atoms with Crippen molar-refractivity contribution in [2.24, 2.45) is 0 Å². The van der Waals surface area contributed by atoms with Gasteiger partial charge in [-0.05, 0) is 6.42 Å². The second kappa shape index (κ2) is 4.32. The van der Waals surface area contributed by atoms with Gasteiger partial charge in [-0.15, -0.1) is 0 Å². The van der Waals surface area contributed by atoms with Crippen molar-refractivity contribution >= 4 is 47.1 Å². The molecule has 4 N–H and O–H groups in total. The van der Waals surface area contributed by atoms with Crippen LogP contribution in [0.1, 0.15) is 13.3 Å². The summed E-state index contributed by atoms with van der Waals surface area (Å²) in [6.07, 6.45) is 0.255. The van der Waals surface area contributed by atoms with Gasteiger partial charge in [0, 0.05) is 5.40 Å². The van der Waals surface area contributed by atoms with Crippen LogP contribution in [0.4, 0.5) is 0 Å². The van der Waals surface area contributed by atoms with Crippen LogP contribution in [-0.4, -0.2) is 100 Å². The van der Waals surface area contributed by atoms with Crippen molar-refractivity contribution in [1.29, 1.82) is 0 Å². The van der Waals surface area contributed by atoms with E-state index >= 15 is 0 Å². The first kappa shape index (κ1) is 17.2. The summed E-state index contributed by atoms with van der Waals surface area (Å²) in [5, 5.41) is 41.1. The van der Waals surface area contributed by atoms with E-state index in [1.807, 2.05) is 0 Å². The summed E-state index contributed by atoms with van der Waals surface area (Å²) in [6, 6.07) is 0. The number of nitrogens with zero attached hydrogens (tertiary/aromatic N) is 1. The molecule has 0 aliphatic carbocycles.